The maximum Gasteiger partial charge on any atom is 0.264 e. The highest BCUT2D eigenvalue weighted by Gasteiger charge is 2.27. The minimum atomic E-state index is -3.90. The lowest BCUT2D eigenvalue weighted by molar-refractivity contribution is -0.119. The van der Waals surface area contributed by atoms with Gasteiger partial charge in [-0.2, -0.15) is 5.10 Å². The standard InChI is InChI=1S/C20H22BrN3O3S/c21-16-11-13-18(14-12-16)24(28(26,27)19-9-5-2-6-10-19)15-20(25)23-22-17-7-3-1-4-8-17/h2,5-6,9-14H,1,3-4,7-8,15H2,(H,23,25). The molecule has 28 heavy (non-hydrogen) atoms. The number of rotatable bonds is 6. The number of amides is 1. The third-order valence-electron chi connectivity index (χ3n) is 4.50. The summed E-state index contributed by atoms with van der Waals surface area (Å²) in [6.07, 6.45) is 5.07. The number of sulfonamides is 1. The maximum atomic E-state index is 13.2. The van der Waals surface area contributed by atoms with Gasteiger partial charge in [0, 0.05) is 10.2 Å². The Morgan fingerprint density at radius 1 is 1.00 bits per heavy atom. The van der Waals surface area contributed by atoms with Crippen molar-refractivity contribution in [3.05, 3.63) is 59.1 Å². The van der Waals surface area contributed by atoms with Gasteiger partial charge in [-0.3, -0.25) is 9.10 Å². The number of nitrogens with zero attached hydrogens (tertiary/aromatic N) is 2. The van der Waals surface area contributed by atoms with Crippen molar-refractivity contribution in [2.45, 2.75) is 37.0 Å². The number of carbonyl (C=O) groups excluding carboxylic acids is 1. The second kappa shape index (κ2) is 9.34. The molecule has 1 fully saturated rings. The van der Waals surface area contributed by atoms with Crippen molar-refractivity contribution in [3.8, 4) is 0 Å². The van der Waals surface area contributed by atoms with Gasteiger partial charge < -0.3 is 0 Å². The van der Waals surface area contributed by atoms with Crippen molar-refractivity contribution in [1.82, 2.24) is 5.43 Å². The predicted octanol–water partition coefficient (Wildman–Crippen LogP) is 4.08. The van der Waals surface area contributed by atoms with Crippen LogP contribution >= 0.6 is 15.9 Å². The van der Waals surface area contributed by atoms with Gasteiger partial charge in [0.25, 0.3) is 15.9 Å². The molecule has 1 saturated carbocycles. The summed E-state index contributed by atoms with van der Waals surface area (Å²) >= 11 is 3.34. The highest BCUT2D eigenvalue weighted by Crippen LogP contribution is 2.25. The van der Waals surface area contributed by atoms with E-state index < -0.39 is 15.9 Å². The van der Waals surface area contributed by atoms with Gasteiger partial charge in [0.2, 0.25) is 0 Å². The molecule has 0 spiro atoms. The first kappa shape index (κ1) is 20.5. The van der Waals surface area contributed by atoms with E-state index in [1.807, 2.05) is 0 Å². The Hall–Kier alpha value is -2.19. The lowest BCUT2D eigenvalue weighted by Gasteiger charge is -2.24. The van der Waals surface area contributed by atoms with Crippen LogP contribution in [0.2, 0.25) is 0 Å². The SMILES string of the molecule is O=C(CN(c1ccc(Br)cc1)S(=O)(=O)c1ccccc1)NN=C1CCCCC1. The number of hydrogen-bond donors (Lipinski definition) is 1. The molecule has 2 aromatic carbocycles. The molecule has 148 valence electrons. The van der Waals surface area contributed by atoms with Crippen LogP contribution in [-0.2, 0) is 14.8 Å². The van der Waals surface area contributed by atoms with Gasteiger partial charge in [0.05, 0.1) is 10.6 Å². The van der Waals surface area contributed by atoms with Crippen LogP contribution in [-0.4, -0.2) is 26.6 Å². The molecule has 0 aromatic heterocycles. The Kier molecular flexibility index (Phi) is 6.85. The Morgan fingerprint density at radius 2 is 1.64 bits per heavy atom. The first-order valence-corrected chi connectivity index (χ1v) is 11.4. The van der Waals surface area contributed by atoms with Crippen LogP contribution < -0.4 is 9.73 Å². The molecule has 2 aromatic rings. The highest BCUT2D eigenvalue weighted by molar-refractivity contribution is 9.10. The van der Waals surface area contributed by atoms with Crippen LogP contribution in [0.5, 0.6) is 0 Å². The normalized spacial score (nSPS) is 14.4. The minimum Gasteiger partial charge on any atom is -0.271 e. The minimum absolute atomic E-state index is 0.129. The van der Waals surface area contributed by atoms with E-state index in [1.54, 1.807) is 42.5 Å². The summed E-state index contributed by atoms with van der Waals surface area (Å²) in [5, 5.41) is 4.19. The molecule has 0 atom stereocenters. The topological polar surface area (TPSA) is 78.8 Å². The van der Waals surface area contributed by atoms with Crippen LogP contribution in [0.1, 0.15) is 32.1 Å². The molecule has 6 nitrogen and oxygen atoms in total. The molecule has 0 bridgehead atoms. The van der Waals surface area contributed by atoms with Crippen molar-refractivity contribution in [2.75, 3.05) is 10.8 Å². The second-order valence-corrected chi connectivity index (χ2v) is 9.35. The second-order valence-electron chi connectivity index (χ2n) is 6.57. The van der Waals surface area contributed by atoms with Crippen molar-refractivity contribution >= 4 is 43.3 Å². The summed E-state index contributed by atoms with van der Waals surface area (Å²) in [5.74, 6) is -0.472. The quantitative estimate of drug-likeness (QED) is 0.655. The number of nitrogens with one attached hydrogen (secondary N) is 1. The van der Waals surface area contributed by atoms with Crippen molar-refractivity contribution in [3.63, 3.8) is 0 Å². The zero-order chi connectivity index (χ0) is 20.0. The third kappa shape index (κ3) is 5.20. The molecule has 1 amide bonds. The molecule has 0 saturated heterocycles. The fourth-order valence-electron chi connectivity index (χ4n) is 3.02. The molecule has 1 N–H and O–H groups in total. The number of anilines is 1. The molecule has 0 unspecified atom stereocenters. The van der Waals surface area contributed by atoms with Crippen LogP contribution in [0, 0.1) is 0 Å². The largest absolute Gasteiger partial charge is 0.271 e. The fraction of sp³-hybridized carbons (Fsp3) is 0.300. The Balaban J connectivity index is 1.84. The van der Waals surface area contributed by atoms with Gasteiger partial charge in [-0.1, -0.05) is 40.5 Å². The predicted molar refractivity (Wildman–Crippen MR) is 114 cm³/mol. The van der Waals surface area contributed by atoms with E-state index in [9.17, 15) is 13.2 Å². The summed E-state index contributed by atoms with van der Waals surface area (Å²) in [7, 11) is -3.90. The Bertz CT molecular complexity index is 936. The smallest absolute Gasteiger partial charge is 0.264 e. The zero-order valence-corrected chi connectivity index (χ0v) is 17.7. The van der Waals surface area contributed by atoms with Gasteiger partial charge in [-0.25, -0.2) is 13.8 Å². The number of carbonyl (C=O) groups is 1. The molecular weight excluding hydrogens is 442 g/mol. The van der Waals surface area contributed by atoms with Gasteiger partial charge in [-0.05, 0) is 62.1 Å². The van der Waals surface area contributed by atoms with Crippen LogP contribution in [0.15, 0.2) is 69.1 Å². The van der Waals surface area contributed by atoms with Gasteiger partial charge in [-0.15, -0.1) is 0 Å². The van der Waals surface area contributed by atoms with Crippen molar-refractivity contribution in [1.29, 1.82) is 0 Å². The van der Waals surface area contributed by atoms with Crippen LogP contribution in [0.3, 0.4) is 0 Å². The van der Waals surface area contributed by atoms with Crippen LogP contribution in [0.25, 0.3) is 0 Å². The van der Waals surface area contributed by atoms with Crippen molar-refractivity contribution in [2.24, 2.45) is 5.10 Å². The molecule has 0 heterocycles. The van der Waals surface area contributed by atoms with Crippen LogP contribution in [0.4, 0.5) is 5.69 Å². The molecule has 0 aliphatic heterocycles. The first-order chi connectivity index (χ1) is 13.5. The number of halogens is 1. The highest BCUT2D eigenvalue weighted by atomic mass is 79.9. The Morgan fingerprint density at radius 3 is 2.29 bits per heavy atom. The van der Waals surface area contributed by atoms with E-state index in [0.29, 0.717) is 5.69 Å². The molecule has 1 aliphatic carbocycles. The number of hydrogen-bond acceptors (Lipinski definition) is 4. The molecule has 3 rings (SSSR count). The van der Waals surface area contributed by atoms with Gasteiger partial charge in [0.1, 0.15) is 6.54 Å². The maximum absolute atomic E-state index is 13.2. The monoisotopic (exact) mass is 463 g/mol. The average molecular weight is 464 g/mol. The van der Waals surface area contributed by atoms with E-state index in [1.165, 1.54) is 18.6 Å². The summed E-state index contributed by atoms with van der Waals surface area (Å²) in [4.78, 5) is 12.6. The number of hydrazone groups is 1. The first-order valence-electron chi connectivity index (χ1n) is 9.14. The summed E-state index contributed by atoms with van der Waals surface area (Å²) in [5.41, 5.74) is 3.89. The van der Waals surface area contributed by atoms with E-state index in [-0.39, 0.29) is 11.4 Å². The van der Waals surface area contributed by atoms with E-state index in [2.05, 4.69) is 26.5 Å². The van der Waals surface area contributed by atoms with Gasteiger partial charge in [0.15, 0.2) is 0 Å². The zero-order valence-electron chi connectivity index (χ0n) is 15.3. The summed E-state index contributed by atoms with van der Waals surface area (Å²) < 4.78 is 28.2. The Labute approximate surface area is 173 Å². The van der Waals surface area contributed by atoms with E-state index in [4.69, 9.17) is 0 Å². The molecule has 0 radical (unpaired) electrons. The summed E-state index contributed by atoms with van der Waals surface area (Å²) in [6, 6.07) is 14.9. The van der Waals surface area contributed by atoms with E-state index >= 15 is 0 Å². The average Bonchev–Trinajstić information content (AvgIpc) is 2.72. The van der Waals surface area contributed by atoms with E-state index in [0.717, 1.165) is 40.2 Å². The lowest BCUT2D eigenvalue weighted by atomic mass is 9.99. The fourth-order valence-corrected chi connectivity index (χ4v) is 4.73. The third-order valence-corrected chi connectivity index (χ3v) is 6.82. The van der Waals surface area contributed by atoms with Gasteiger partial charge >= 0.3 is 0 Å². The molecule has 8 heteroatoms. The number of benzene rings is 2. The summed E-state index contributed by atoms with van der Waals surface area (Å²) in [6.45, 7) is -0.352. The lowest BCUT2D eigenvalue weighted by Crippen LogP contribution is -2.39. The molecule has 1 aliphatic rings. The van der Waals surface area contributed by atoms with Crippen molar-refractivity contribution < 1.29 is 13.2 Å². The molecular formula is C20H22BrN3O3S.